The Labute approximate surface area is 94.6 Å². The molecule has 2 N–H and O–H groups in total. The maximum Gasteiger partial charge on any atom is -0.000655 e. The van der Waals surface area contributed by atoms with Crippen LogP contribution in [0.15, 0.2) is 0 Å². The molecular formula is C12H27N3. The van der Waals surface area contributed by atoms with E-state index in [1.807, 2.05) is 0 Å². The van der Waals surface area contributed by atoms with E-state index in [4.69, 9.17) is 5.73 Å². The van der Waals surface area contributed by atoms with Gasteiger partial charge >= 0.3 is 0 Å². The van der Waals surface area contributed by atoms with E-state index < -0.39 is 0 Å². The van der Waals surface area contributed by atoms with Gasteiger partial charge in [0, 0.05) is 0 Å². The number of likely N-dealkylation sites (tertiary alicyclic amines) is 1. The van der Waals surface area contributed by atoms with Crippen LogP contribution in [0.1, 0.15) is 32.6 Å². The third kappa shape index (κ3) is 5.50. The molecule has 1 rings (SSSR count). The molecule has 3 heteroatoms. The van der Waals surface area contributed by atoms with Crippen molar-refractivity contribution >= 4 is 0 Å². The molecule has 3 nitrogen and oxygen atoms in total. The Morgan fingerprint density at radius 3 is 2.40 bits per heavy atom. The lowest BCUT2D eigenvalue weighted by Crippen LogP contribution is -2.30. The standard InChI is InChI=1S/C12H27N3/c1-2-14(10-5-7-13)11-6-12-15-8-3-4-9-15/h2-13H2,1H3. The fraction of sp³-hybridized carbons (Fsp3) is 1.00. The number of nitrogens with zero attached hydrogens (tertiary/aromatic N) is 2. The van der Waals surface area contributed by atoms with Crippen molar-refractivity contribution in [1.82, 2.24) is 9.80 Å². The molecule has 1 saturated heterocycles. The molecule has 0 aromatic carbocycles. The van der Waals surface area contributed by atoms with Crippen molar-refractivity contribution in [2.24, 2.45) is 5.73 Å². The van der Waals surface area contributed by atoms with Crippen LogP contribution in [0.25, 0.3) is 0 Å². The minimum Gasteiger partial charge on any atom is -0.330 e. The molecule has 1 aliphatic heterocycles. The van der Waals surface area contributed by atoms with E-state index in [2.05, 4.69) is 16.7 Å². The summed E-state index contributed by atoms with van der Waals surface area (Å²) < 4.78 is 0. The van der Waals surface area contributed by atoms with Crippen molar-refractivity contribution in [3.63, 3.8) is 0 Å². The summed E-state index contributed by atoms with van der Waals surface area (Å²) in [4.78, 5) is 5.11. The first-order valence-corrected chi connectivity index (χ1v) is 6.51. The van der Waals surface area contributed by atoms with Crippen LogP contribution in [0.2, 0.25) is 0 Å². The normalized spacial score (nSPS) is 17.8. The Balaban J connectivity index is 2.00. The first-order valence-electron chi connectivity index (χ1n) is 6.51. The van der Waals surface area contributed by atoms with Gasteiger partial charge in [-0.05, 0) is 71.5 Å². The van der Waals surface area contributed by atoms with E-state index >= 15 is 0 Å². The topological polar surface area (TPSA) is 32.5 Å². The summed E-state index contributed by atoms with van der Waals surface area (Å²) in [6.07, 6.45) is 5.27. The highest BCUT2D eigenvalue weighted by Crippen LogP contribution is 2.07. The molecule has 0 unspecified atom stereocenters. The predicted molar refractivity (Wildman–Crippen MR) is 66.1 cm³/mol. The fourth-order valence-corrected chi connectivity index (χ4v) is 2.27. The van der Waals surface area contributed by atoms with Crippen molar-refractivity contribution in [3.05, 3.63) is 0 Å². The highest BCUT2D eigenvalue weighted by molar-refractivity contribution is 4.67. The van der Waals surface area contributed by atoms with Crippen LogP contribution in [0.3, 0.4) is 0 Å². The van der Waals surface area contributed by atoms with Gasteiger partial charge in [0.25, 0.3) is 0 Å². The zero-order chi connectivity index (χ0) is 10.9. The molecule has 1 heterocycles. The van der Waals surface area contributed by atoms with Crippen LogP contribution < -0.4 is 5.73 Å². The van der Waals surface area contributed by atoms with Gasteiger partial charge in [0.1, 0.15) is 0 Å². The summed E-state index contributed by atoms with van der Waals surface area (Å²) in [5.41, 5.74) is 5.52. The van der Waals surface area contributed by atoms with Gasteiger partial charge < -0.3 is 15.5 Å². The van der Waals surface area contributed by atoms with Gasteiger partial charge in [0.2, 0.25) is 0 Å². The molecule has 15 heavy (non-hydrogen) atoms. The van der Waals surface area contributed by atoms with Crippen LogP contribution in [0, 0.1) is 0 Å². The lowest BCUT2D eigenvalue weighted by Gasteiger charge is -2.21. The molecule has 0 bridgehead atoms. The van der Waals surface area contributed by atoms with Gasteiger partial charge in [-0.3, -0.25) is 0 Å². The molecular weight excluding hydrogens is 186 g/mol. The molecule has 0 spiro atoms. The van der Waals surface area contributed by atoms with Gasteiger partial charge in [-0.25, -0.2) is 0 Å². The fourth-order valence-electron chi connectivity index (χ4n) is 2.27. The minimum absolute atomic E-state index is 0.822. The number of nitrogens with two attached hydrogens (primary N) is 1. The molecule has 1 fully saturated rings. The third-order valence-corrected chi connectivity index (χ3v) is 3.27. The molecule has 0 aromatic rings. The molecule has 0 saturated carbocycles. The summed E-state index contributed by atoms with van der Waals surface area (Å²) in [5, 5.41) is 0. The highest BCUT2D eigenvalue weighted by Gasteiger charge is 2.11. The van der Waals surface area contributed by atoms with E-state index in [9.17, 15) is 0 Å². The van der Waals surface area contributed by atoms with Gasteiger partial charge in [-0.15, -0.1) is 0 Å². The molecule has 0 amide bonds. The van der Waals surface area contributed by atoms with Gasteiger partial charge in [-0.2, -0.15) is 0 Å². The third-order valence-electron chi connectivity index (χ3n) is 3.27. The van der Waals surface area contributed by atoms with E-state index in [0.717, 1.165) is 13.0 Å². The van der Waals surface area contributed by atoms with Gasteiger partial charge in [0.05, 0.1) is 0 Å². The minimum atomic E-state index is 0.822. The van der Waals surface area contributed by atoms with Crippen LogP contribution in [0.5, 0.6) is 0 Å². The van der Waals surface area contributed by atoms with Gasteiger partial charge in [-0.1, -0.05) is 6.92 Å². The Morgan fingerprint density at radius 2 is 1.80 bits per heavy atom. The molecule has 0 atom stereocenters. The van der Waals surface area contributed by atoms with E-state index in [0.29, 0.717) is 0 Å². The average Bonchev–Trinajstić information content (AvgIpc) is 2.76. The largest absolute Gasteiger partial charge is 0.330 e. The number of rotatable bonds is 8. The molecule has 0 radical (unpaired) electrons. The highest BCUT2D eigenvalue weighted by atomic mass is 15.2. The molecule has 90 valence electrons. The predicted octanol–water partition coefficient (Wildman–Crippen LogP) is 1.14. The average molecular weight is 213 g/mol. The summed E-state index contributed by atoms with van der Waals surface area (Å²) in [6, 6.07) is 0. The second kappa shape index (κ2) is 8.08. The second-order valence-corrected chi connectivity index (χ2v) is 4.48. The Hall–Kier alpha value is -0.120. The lowest BCUT2D eigenvalue weighted by atomic mass is 10.3. The van der Waals surface area contributed by atoms with Crippen molar-refractivity contribution in [1.29, 1.82) is 0 Å². The van der Waals surface area contributed by atoms with Crippen LogP contribution >= 0.6 is 0 Å². The van der Waals surface area contributed by atoms with E-state index in [-0.39, 0.29) is 0 Å². The number of hydrogen-bond acceptors (Lipinski definition) is 3. The summed E-state index contributed by atoms with van der Waals surface area (Å²) in [5.74, 6) is 0. The Kier molecular flexibility index (Phi) is 6.98. The maximum absolute atomic E-state index is 5.52. The summed E-state index contributed by atoms with van der Waals surface area (Å²) in [6.45, 7) is 10.6. The van der Waals surface area contributed by atoms with Crippen LogP contribution in [0.4, 0.5) is 0 Å². The van der Waals surface area contributed by atoms with Crippen molar-refractivity contribution in [3.8, 4) is 0 Å². The quantitative estimate of drug-likeness (QED) is 0.656. The Bertz CT molecular complexity index is 144. The molecule has 1 aliphatic rings. The first-order chi connectivity index (χ1) is 7.36. The van der Waals surface area contributed by atoms with Crippen LogP contribution in [-0.2, 0) is 0 Å². The molecule has 0 aliphatic carbocycles. The zero-order valence-electron chi connectivity index (χ0n) is 10.2. The second-order valence-electron chi connectivity index (χ2n) is 4.48. The van der Waals surface area contributed by atoms with E-state index in [1.165, 1.54) is 58.5 Å². The monoisotopic (exact) mass is 213 g/mol. The van der Waals surface area contributed by atoms with Crippen LogP contribution in [-0.4, -0.2) is 55.6 Å². The summed E-state index contributed by atoms with van der Waals surface area (Å²) in [7, 11) is 0. The smallest absolute Gasteiger partial charge is 0.000655 e. The summed E-state index contributed by atoms with van der Waals surface area (Å²) >= 11 is 0. The first kappa shape index (κ1) is 12.9. The zero-order valence-corrected chi connectivity index (χ0v) is 10.2. The van der Waals surface area contributed by atoms with Crippen molar-refractivity contribution in [2.45, 2.75) is 32.6 Å². The van der Waals surface area contributed by atoms with E-state index in [1.54, 1.807) is 0 Å². The molecule has 0 aromatic heterocycles. The van der Waals surface area contributed by atoms with Gasteiger partial charge in [0.15, 0.2) is 0 Å². The van der Waals surface area contributed by atoms with Crippen molar-refractivity contribution < 1.29 is 0 Å². The number of hydrogen-bond donors (Lipinski definition) is 1. The Morgan fingerprint density at radius 1 is 1.13 bits per heavy atom. The van der Waals surface area contributed by atoms with Crippen molar-refractivity contribution in [2.75, 3.05) is 45.8 Å². The maximum atomic E-state index is 5.52. The SMILES string of the molecule is CCN(CCCN)CCCN1CCCC1. The lowest BCUT2D eigenvalue weighted by molar-refractivity contribution is 0.253.